The van der Waals surface area contributed by atoms with E-state index < -0.39 is 48.0 Å². The molecule has 1 fully saturated rings. The predicted octanol–water partition coefficient (Wildman–Crippen LogP) is 3.72. The minimum Gasteiger partial charge on any atom is -0.461 e. The molecule has 2 aliphatic rings. The van der Waals surface area contributed by atoms with Crippen molar-refractivity contribution in [1.82, 2.24) is 4.98 Å². The largest absolute Gasteiger partial charge is 0.461 e. The molecule has 2 heterocycles. The van der Waals surface area contributed by atoms with Gasteiger partial charge in [0.1, 0.15) is 22.8 Å². The van der Waals surface area contributed by atoms with Crippen LogP contribution >= 0.6 is 0 Å². The molecule has 10 heteroatoms. The van der Waals surface area contributed by atoms with E-state index in [0.717, 1.165) is 6.07 Å². The minimum atomic E-state index is -1.99. The van der Waals surface area contributed by atoms with Crippen LogP contribution in [0.3, 0.4) is 0 Å². The molecule has 6 nitrogen and oxygen atoms in total. The third-order valence-electron chi connectivity index (χ3n) is 5.81. The third kappa shape index (κ3) is 4.01. The molecule has 0 bridgehead atoms. The van der Waals surface area contributed by atoms with Gasteiger partial charge in [0, 0.05) is 12.0 Å². The number of hydrogen-bond donors (Lipinski definition) is 1. The Kier molecular flexibility index (Phi) is 5.56. The molecule has 4 rings (SSSR count). The molecule has 0 amide bonds. The zero-order valence-electron chi connectivity index (χ0n) is 17.2. The predicted molar refractivity (Wildman–Crippen MR) is 107 cm³/mol. The highest BCUT2D eigenvalue weighted by atomic mass is 19.2. The lowest BCUT2D eigenvalue weighted by Crippen LogP contribution is -2.54. The van der Waals surface area contributed by atoms with Crippen LogP contribution in [0.1, 0.15) is 41.4 Å². The third-order valence-corrected chi connectivity index (χ3v) is 5.81. The fourth-order valence-corrected chi connectivity index (χ4v) is 3.82. The molecule has 3 atom stereocenters. The van der Waals surface area contributed by atoms with E-state index in [1.54, 1.807) is 0 Å². The number of halogens is 4. The van der Waals surface area contributed by atoms with Gasteiger partial charge in [0.15, 0.2) is 23.7 Å². The number of ketones is 1. The van der Waals surface area contributed by atoms with Crippen molar-refractivity contribution in [2.45, 2.75) is 49.7 Å². The summed E-state index contributed by atoms with van der Waals surface area (Å²) in [5.41, 5.74) is 2.30. The van der Waals surface area contributed by atoms with E-state index in [4.69, 9.17) is 10.5 Å². The molecule has 0 radical (unpaired) electrons. The van der Waals surface area contributed by atoms with E-state index in [-0.39, 0.29) is 36.3 Å². The summed E-state index contributed by atoms with van der Waals surface area (Å²) in [6, 6.07) is 6.15. The number of amidine groups is 1. The van der Waals surface area contributed by atoms with E-state index >= 15 is 4.39 Å². The van der Waals surface area contributed by atoms with E-state index in [9.17, 15) is 18.0 Å². The summed E-state index contributed by atoms with van der Waals surface area (Å²) in [4.78, 5) is 20.5. The summed E-state index contributed by atoms with van der Waals surface area (Å²) >= 11 is 0. The molecule has 1 aromatic carbocycles. The topological polar surface area (TPSA) is 86.8 Å². The lowest BCUT2D eigenvalue weighted by Gasteiger charge is -2.39. The fourth-order valence-electron chi connectivity index (χ4n) is 3.82. The lowest BCUT2D eigenvalue weighted by atomic mass is 9.81. The smallest absolute Gasteiger partial charge is 0.283 e. The van der Waals surface area contributed by atoms with Gasteiger partial charge in [-0.3, -0.25) is 4.79 Å². The second-order valence-electron chi connectivity index (χ2n) is 8.12. The second kappa shape index (κ2) is 8.07. The zero-order chi connectivity index (χ0) is 23.1. The van der Waals surface area contributed by atoms with E-state index in [2.05, 4.69) is 14.7 Å². The van der Waals surface area contributed by atoms with Crippen molar-refractivity contribution in [3.63, 3.8) is 0 Å². The Hall–Kier alpha value is -3.17. The Balaban J connectivity index is 1.61. The highest BCUT2D eigenvalue weighted by Gasteiger charge is 2.62. The summed E-state index contributed by atoms with van der Waals surface area (Å²) in [6.45, 7) is 0.297. The van der Waals surface area contributed by atoms with E-state index in [1.807, 2.05) is 0 Å². The van der Waals surface area contributed by atoms with Crippen LogP contribution in [0.2, 0.25) is 0 Å². The van der Waals surface area contributed by atoms with Crippen molar-refractivity contribution in [2.75, 3.05) is 6.86 Å². The molecule has 0 saturated heterocycles. The number of aromatic nitrogens is 1. The lowest BCUT2D eigenvalue weighted by molar-refractivity contribution is -0.0388. The monoisotopic (exact) mass is 451 g/mol. The van der Waals surface area contributed by atoms with Crippen molar-refractivity contribution >= 4 is 11.8 Å². The van der Waals surface area contributed by atoms with Crippen LogP contribution in [0, 0.1) is 5.82 Å². The maximum Gasteiger partial charge on any atom is 0.283 e. The highest BCUT2D eigenvalue weighted by molar-refractivity contribution is 5.95. The summed E-state index contributed by atoms with van der Waals surface area (Å²) in [6.07, 6.45) is -2.19. The number of benzene rings is 1. The SMILES string of the molecule is C[C@]1(c2cc(CC(=O)c3ccc(OCF)cn3)ccc2F)N=C(N)O[C@H](C2(F)CC2)[C@@H]1F. The van der Waals surface area contributed by atoms with Crippen molar-refractivity contribution < 1.29 is 31.8 Å². The summed E-state index contributed by atoms with van der Waals surface area (Å²) in [5, 5.41) is 0. The van der Waals surface area contributed by atoms with Crippen LogP contribution < -0.4 is 10.5 Å². The number of rotatable bonds is 7. The first-order chi connectivity index (χ1) is 15.2. The maximum atomic E-state index is 15.4. The number of pyridine rings is 1. The number of hydrogen-bond acceptors (Lipinski definition) is 6. The van der Waals surface area contributed by atoms with Crippen LogP contribution in [-0.2, 0) is 16.7 Å². The Morgan fingerprint density at radius 1 is 1.31 bits per heavy atom. The molecular weight excluding hydrogens is 430 g/mol. The van der Waals surface area contributed by atoms with Gasteiger partial charge in [-0.2, -0.15) is 0 Å². The summed E-state index contributed by atoms with van der Waals surface area (Å²) < 4.78 is 66.8. The molecule has 2 N–H and O–H groups in total. The number of nitrogens with two attached hydrogens (primary N) is 1. The number of aliphatic imine (C=N–C) groups is 1. The van der Waals surface area contributed by atoms with Crippen LogP contribution in [0.4, 0.5) is 17.6 Å². The molecule has 1 aliphatic carbocycles. The Bertz CT molecular complexity index is 1060. The van der Waals surface area contributed by atoms with Gasteiger partial charge in [-0.05, 0) is 49.6 Å². The van der Waals surface area contributed by atoms with Crippen LogP contribution in [0.25, 0.3) is 0 Å². The number of carbonyl (C=O) groups is 1. The van der Waals surface area contributed by atoms with Gasteiger partial charge in [-0.1, -0.05) is 6.07 Å². The average Bonchev–Trinajstić information content (AvgIpc) is 3.51. The summed E-state index contributed by atoms with van der Waals surface area (Å²) in [5.74, 6) is -0.996. The molecule has 32 heavy (non-hydrogen) atoms. The minimum absolute atomic E-state index is 0.0955. The van der Waals surface area contributed by atoms with E-state index in [0.29, 0.717) is 5.56 Å². The molecule has 0 spiro atoms. The normalized spacial score (nSPS) is 26.1. The molecule has 1 saturated carbocycles. The summed E-state index contributed by atoms with van der Waals surface area (Å²) in [7, 11) is 0. The van der Waals surface area contributed by atoms with Crippen molar-refractivity contribution in [3.05, 3.63) is 59.2 Å². The number of carbonyl (C=O) groups excluding carboxylic acids is 1. The molecule has 2 aromatic rings. The fraction of sp³-hybridized carbons (Fsp3) is 0.409. The van der Waals surface area contributed by atoms with Crippen molar-refractivity contribution in [2.24, 2.45) is 10.7 Å². The van der Waals surface area contributed by atoms with Crippen LogP contribution in [0.15, 0.2) is 41.5 Å². The number of Topliss-reactive ketones (excluding diaryl/α,β-unsaturated/α-hetero) is 1. The van der Waals surface area contributed by atoms with Gasteiger partial charge in [0.25, 0.3) is 6.02 Å². The van der Waals surface area contributed by atoms with Crippen LogP contribution in [0.5, 0.6) is 5.75 Å². The molecule has 1 aromatic heterocycles. The van der Waals surface area contributed by atoms with E-state index in [1.165, 1.54) is 37.4 Å². The Labute approximate surface area is 181 Å². The molecular formula is C22H21F4N3O3. The van der Waals surface area contributed by atoms with Gasteiger partial charge in [0.05, 0.1) is 6.20 Å². The number of alkyl halides is 3. The first kappa shape index (κ1) is 22.0. The van der Waals surface area contributed by atoms with Gasteiger partial charge in [0.2, 0.25) is 6.86 Å². The van der Waals surface area contributed by atoms with Crippen molar-refractivity contribution in [1.29, 1.82) is 0 Å². The Morgan fingerprint density at radius 3 is 2.69 bits per heavy atom. The van der Waals surface area contributed by atoms with Gasteiger partial charge >= 0.3 is 0 Å². The van der Waals surface area contributed by atoms with Gasteiger partial charge < -0.3 is 15.2 Å². The number of nitrogens with zero attached hydrogens (tertiary/aromatic N) is 2. The van der Waals surface area contributed by atoms with Gasteiger partial charge in [-0.25, -0.2) is 27.5 Å². The zero-order valence-corrected chi connectivity index (χ0v) is 17.2. The Morgan fingerprint density at radius 2 is 2.06 bits per heavy atom. The second-order valence-corrected chi connectivity index (χ2v) is 8.12. The average molecular weight is 451 g/mol. The highest BCUT2D eigenvalue weighted by Crippen LogP contribution is 2.51. The maximum absolute atomic E-state index is 15.4. The van der Waals surface area contributed by atoms with Crippen molar-refractivity contribution in [3.8, 4) is 5.75 Å². The molecule has 170 valence electrons. The number of ether oxygens (including phenoxy) is 2. The first-order valence-electron chi connectivity index (χ1n) is 9.98. The molecule has 0 unspecified atom stereocenters. The van der Waals surface area contributed by atoms with Gasteiger partial charge in [-0.15, -0.1) is 0 Å². The standard InChI is InChI=1S/C22H21F4N3O3/c1-21(18(25)19(22(26)6-7-22)32-20(27)29-21)14-8-12(2-4-15(14)24)9-17(30)16-5-3-13(10-28-16)31-11-23/h2-5,8,10,18-19H,6-7,9,11H2,1H3,(H2,27,29)/t18-,19-,21+/m0/s1. The van der Waals surface area contributed by atoms with Crippen LogP contribution in [-0.4, -0.2) is 41.6 Å². The quantitative estimate of drug-likeness (QED) is 0.512. The first-order valence-corrected chi connectivity index (χ1v) is 9.98. The molecule has 1 aliphatic heterocycles.